The molecule has 4 heteroatoms. The van der Waals surface area contributed by atoms with Crippen molar-refractivity contribution >= 4 is 0 Å². The van der Waals surface area contributed by atoms with Gasteiger partial charge in [0.1, 0.15) is 12.7 Å². The normalized spacial score (nSPS) is 19.5. The summed E-state index contributed by atoms with van der Waals surface area (Å²) in [5, 5.41) is 7.95. The minimum atomic E-state index is 0.277. The standard InChI is InChI=1S/C17H22N4/c1-3-7-15(8-4-1)11-19-17(12-21-14-18-13-20-21)16-9-5-2-6-10-16/h1-3,5-6,9-10,13-15,17,19H,4,7-8,11-12H2/t15-,17+/m1/s1. The van der Waals surface area contributed by atoms with E-state index in [9.17, 15) is 0 Å². The lowest BCUT2D eigenvalue weighted by Crippen LogP contribution is -2.30. The van der Waals surface area contributed by atoms with Gasteiger partial charge in [0, 0.05) is 0 Å². The van der Waals surface area contributed by atoms with Crippen LogP contribution < -0.4 is 5.32 Å². The maximum absolute atomic E-state index is 4.23. The molecule has 2 atom stereocenters. The van der Waals surface area contributed by atoms with Gasteiger partial charge in [0.2, 0.25) is 0 Å². The Balaban J connectivity index is 1.65. The van der Waals surface area contributed by atoms with Crippen molar-refractivity contribution < 1.29 is 0 Å². The molecule has 1 aliphatic carbocycles. The molecule has 110 valence electrons. The summed E-state index contributed by atoms with van der Waals surface area (Å²) in [4.78, 5) is 4.03. The molecule has 1 aromatic heterocycles. The molecule has 4 nitrogen and oxygen atoms in total. The Hall–Kier alpha value is -1.94. The van der Waals surface area contributed by atoms with Gasteiger partial charge in [-0.1, -0.05) is 42.5 Å². The van der Waals surface area contributed by atoms with E-state index in [1.54, 1.807) is 12.7 Å². The van der Waals surface area contributed by atoms with Gasteiger partial charge in [0.05, 0.1) is 12.6 Å². The van der Waals surface area contributed by atoms with Crippen LogP contribution in [-0.4, -0.2) is 21.3 Å². The van der Waals surface area contributed by atoms with E-state index >= 15 is 0 Å². The molecular weight excluding hydrogens is 260 g/mol. The SMILES string of the molecule is C1=CC[C@@H](CN[C@@H](Cn2cncn2)c2ccccc2)CC1. The molecule has 0 spiro atoms. The van der Waals surface area contributed by atoms with Gasteiger partial charge in [-0.2, -0.15) is 5.10 Å². The number of nitrogens with zero attached hydrogens (tertiary/aromatic N) is 3. The van der Waals surface area contributed by atoms with E-state index in [1.165, 1.54) is 24.8 Å². The van der Waals surface area contributed by atoms with E-state index in [1.807, 2.05) is 4.68 Å². The van der Waals surface area contributed by atoms with Crippen molar-refractivity contribution in [2.24, 2.45) is 5.92 Å². The van der Waals surface area contributed by atoms with Crippen LogP contribution in [0.3, 0.4) is 0 Å². The number of allylic oxidation sites excluding steroid dienone is 2. The summed E-state index contributed by atoms with van der Waals surface area (Å²) < 4.78 is 1.89. The van der Waals surface area contributed by atoms with Crippen molar-refractivity contribution in [3.05, 3.63) is 60.7 Å². The molecule has 0 radical (unpaired) electrons. The maximum Gasteiger partial charge on any atom is 0.137 e. The number of hydrogen-bond donors (Lipinski definition) is 1. The predicted molar refractivity (Wildman–Crippen MR) is 83.7 cm³/mol. The third kappa shape index (κ3) is 4.02. The molecule has 1 N–H and O–H groups in total. The molecule has 0 saturated heterocycles. The largest absolute Gasteiger partial charge is 0.308 e. The molecule has 0 bridgehead atoms. The van der Waals surface area contributed by atoms with Gasteiger partial charge >= 0.3 is 0 Å². The Kier molecular flexibility index (Phi) is 4.79. The van der Waals surface area contributed by atoms with Crippen LogP contribution in [0, 0.1) is 5.92 Å². The van der Waals surface area contributed by atoms with Crippen molar-refractivity contribution in [2.45, 2.75) is 31.8 Å². The zero-order valence-corrected chi connectivity index (χ0v) is 12.2. The molecule has 1 aliphatic rings. The van der Waals surface area contributed by atoms with Gasteiger partial charge in [-0.25, -0.2) is 4.98 Å². The van der Waals surface area contributed by atoms with Gasteiger partial charge in [-0.3, -0.25) is 4.68 Å². The average molecular weight is 282 g/mol. The molecule has 21 heavy (non-hydrogen) atoms. The second-order valence-corrected chi connectivity index (χ2v) is 5.64. The zero-order valence-electron chi connectivity index (χ0n) is 12.2. The number of benzene rings is 1. The highest BCUT2D eigenvalue weighted by molar-refractivity contribution is 5.18. The Morgan fingerprint density at radius 2 is 2.14 bits per heavy atom. The van der Waals surface area contributed by atoms with E-state index < -0.39 is 0 Å². The van der Waals surface area contributed by atoms with Gasteiger partial charge < -0.3 is 5.32 Å². The number of nitrogens with one attached hydrogen (secondary N) is 1. The lowest BCUT2D eigenvalue weighted by molar-refractivity contribution is 0.373. The lowest BCUT2D eigenvalue weighted by Gasteiger charge is -2.24. The molecule has 0 fully saturated rings. The predicted octanol–water partition coefficient (Wildman–Crippen LogP) is 2.97. The highest BCUT2D eigenvalue weighted by atomic mass is 15.3. The molecule has 1 heterocycles. The summed E-state index contributed by atoms with van der Waals surface area (Å²) in [7, 11) is 0. The van der Waals surface area contributed by atoms with Crippen molar-refractivity contribution in [3.8, 4) is 0 Å². The highest BCUT2D eigenvalue weighted by Gasteiger charge is 2.15. The summed E-state index contributed by atoms with van der Waals surface area (Å²) >= 11 is 0. The summed E-state index contributed by atoms with van der Waals surface area (Å²) in [6.45, 7) is 1.87. The van der Waals surface area contributed by atoms with Crippen LogP contribution in [0.25, 0.3) is 0 Å². The van der Waals surface area contributed by atoms with Crippen LogP contribution in [0.5, 0.6) is 0 Å². The van der Waals surface area contributed by atoms with Gasteiger partial charge in [-0.15, -0.1) is 0 Å². The smallest absolute Gasteiger partial charge is 0.137 e. The fraction of sp³-hybridized carbons (Fsp3) is 0.412. The van der Waals surface area contributed by atoms with Crippen molar-refractivity contribution in [2.75, 3.05) is 6.54 Å². The van der Waals surface area contributed by atoms with Crippen molar-refractivity contribution in [3.63, 3.8) is 0 Å². The number of aromatic nitrogens is 3. The van der Waals surface area contributed by atoms with Crippen LogP contribution in [0.2, 0.25) is 0 Å². The summed E-state index contributed by atoms with van der Waals surface area (Å²) in [6, 6.07) is 10.9. The topological polar surface area (TPSA) is 42.7 Å². The molecular formula is C17H22N4. The van der Waals surface area contributed by atoms with E-state index in [2.05, 4.69) is 57.9 Å². The van der Waals surface area contributed by atoms with Gasteiger partial charge in [-0.05, 0) is 37.3 Å². The van der Waals surface area contributed by atoms with Gasteiger partial charge in [0.15, 0.2) is 0 Å². The first-order chi connectivity index (χ1) is 10.4. The highest BCUT2D eigenvalue weighted by Crippen LogP contribution is 2.20. The third-order valence-electron chi connectivity index (χ3n) is 4.07. The van der Waals surface area contributed by atoms with E-state index in [0.29, 0.717) is 0 Å². The zero-order chi connectivity index (χ0) is 14.3. The monoisotopic (exact) mass is 282 g/mol. The minimum Gasteiger partial charge on any atom is -0.308 e. The first-order valence-electron chi connectivity index (χ1n) is 7.67. The van der Waals surface area contributed by atoms with Crippen molar-refractivity contribution in [1.29, 1.82) is 0 Å². The first-order valence-corrected chi connectivity index (χ1v) is 7.67. The Labute approximate surface area is 125 Å². The molecule has 1 aromatic carbocycles. The molecule has 0 amide bonds. The summed E-state index contributed by atoms with van der Waals surface area (Å²) in [6.07, 6.45) is 11.7. The van der Waals surface area contributed by atoms with E-state index in [4.69, 9.17) is 0 Å². The Morgan fingerprint density at radius 1 is 1.24 bits per heavy atom. The van der Waals surface area contributed by atoms with Crippen LogP contribution in [0.1, 0.15) is 30.9 Å². The second-order valence-electron chi connectivity index (χ2n) is 5.64. The molecule has 0 unspecified atom stereocenters. The fourth-order valence-corrected chi connectivity index (χ4v) is 2.84. The summed E-state index contributed by atoms with van der Waals surface area (Å²) in [5.74, 6) is 0.747. The fourth-order valence-electron chi connectivity index (χ4n) is 2.84. The van der Waals surface area contributed by atoms with Crippen molar-refractivity contribution in [1.82, 2.24) is 20.1 Å². The minimum absolute atomic E-state index is 0.277. The Morgan fingerprint density at radius 3 is 2.86 bits per heavy atom. The molecule has 2 aromatic rings. The Bertz CT molecular complexity index is 547. The quantitative estimate of drug-likeness (QED) is 0.828. The van der Waals surface area contributed by atoms with Crippen LogP contribution in [0.4, 0.5) is 0 Å². The average Bonchev–Trinajstić information content (AvgIpc) is 3.06. The number of hydrogen-bond acceptors (Lipinski definition) is 3. The summed E-state index contributed by atoms with van der Waals surface area (Å²) in [5.41, 5.74) is 1.30. The molecule has 3 rings (SSSR count). The molecule has 0 saturated carbocycles. The lowest BCUT2D eigenvalue weighted by atomic mass is 9.94. The second kappa shape index (κ2) is 7.18. The maximum atomic E-state index is 4.23. The number of rotatable bonds is 6. The van der Waals surface area contributed by atoms with Crippen LogP contribution >= 0.6 is 0 Å². The van der Waals surface area contributed by atoms with Crippen LogP contribution in [-0.2, 0) is 6.54 Å². The van der Waals surface area contributed by atoms with Gasteiger partial charge in [0.25, 0.3) is 0 Å². The van der Waals surface area contributed by atoms with Crippen LogP contribution in [0.15, 0.2) is 55.1 Å². The van der Waals surface area contributed by atoms with E-state index in [-0.39, 0.29) is 6.04 Å². The first kappa shape index (κ1) is 14.0. The molecule has 0 aliphatic heterocycles. The third-order valence-corrected chi connectivity index (χ3v) is 4.07. The van der Waals surface area contributed by atoms with E-state index in [0.717, 1.165) is 19.0 Å².